The van der Waals surface area contributed by atoms with Crippen LogP contribution in [0.5, 0.6) is 0 Å². The number of allylic oxidation sites excluding steroid dienone is 3. The normalized spacial score (nSPS) is 39.9. The van der Waals surface area contributed by atoms with Crippen molar-refractivity contribution in [2.75, 3.05) is 14.1 Å². The molecule has 5 unspecified atom stereocenters. The molecule has 2 fully saturated rings. The molecule has 2 aliphatic heterocycles. The molecule has 1 aromatic heterocycles. The number of fused-ring (bicyclic) bond motifs is 2. The molecule has 2 bridgehead atoms. The number of nitrogens with one attached hydrogen (secondary N) is 1. The summed E-state index contributed by atoms with van der Waals surface area (Å²) in [5.74, 6) is 0.513. The highest BCUT2D eigenvalue weighted by atomic mass is 16.5. The lowest BCUT2D eigenvalue weighted by Gasteiger charge is -2.54. The van der Waals surface area contributed by atoms with Crippen molar-refractivity contribution >= 4 is 16.5 Å². The van der Waals surface area contributed by atoms with Crippen molar-refractivity contribution in [1.82, 2.24) is 15.1 Å². The summed E-state index contributed by atoms with van der Waals surface area (Å²) in [4.78, 5) is 2.41. The lowest BCUT2D eigenvalue weighted by atomic mass is 9.58. The number of rotatable bonds is 2. The van der Waals surface area contributed by atoms with Gasteiger partial charge < -0.3 is 9.64 Å². The largest absolute Gasteiger partial charge is 0.359 e. The second-order valence-electron chi connectivity index (χ2n) is 11.4. The maximum Gasteiger partial charge on any atom is 0.0980 e. The number of nitrogens with zero attached hydrogens (tertiary/aromatic N) is 2. The van der Waals surface area contributed by atoms with Gasteiger partial charge in [-0.3, -0.25) is 5.10 Å². The van der Waals surface area contributed by atoms with E-state index >= 15 is 0 Å². The van der Waals surface area contributed by atoms with Gasteiger partial charge in [0, 0.05) is 22.8 Å². The average Bonchev–Trinajstić information content (AvgIpc) is 3.47. The number of hydrogen-bond acceptors (Lipinski definition) is 3. The molecule has 7 rings (SSSR count). The van der Waals surface area contributed by atoms with Gasteiger partial charge in [0.15, 0.2) is 0 Å². The van der Waals surface area contributed by atoms with E-state index in [2.05, 4.69) is 72.5 Å². The van der Waals surface area contributed by atoms with E-state index in [1.54, 1.807) is 5.57 Å². The standard InChI is InChI=1S/C28H33N3O/c1-26-11-10-21-15-20-6-7-22(31(2)3)16-27(20)12-13-28(21,32-27)25(26)9-8-23(26)18-4-5-19-17-29-30-24(19)14-18/h4-5,8,10,14-15,17,22,25H,6-7,9,11-13,16H2,1-3H3,(H,29,30). The topological polar surface area (TPSA) is 41.2 Å². The summed E-state index contributed by atoms with van der Waals surface area (Å²) in [6.07, 6.45) is 17.7. The first kappa shape index (κ1) is 19.3. The third kappa shape index (κ3) is 2.32. The van der Waals surface area contributed by atoms with Crippen LogP contribution in [0.3, 0.4) is 0 Å². The Morgan fingerprint density at radius 2 is 2.09 bits per heavy atom. The molecule has 1 N–H and O–H groups in total. The third-order valence-corrected chi connectivity index (χ3v) is 9.73. The fraction of sp³-hybridized carbons (Fsp3) is 0.536. The van der Waals surface area contributed by atoms with E-state index in [0.29, 0.717) is 12.0 Å². The average molecular weight is 428 g/mol. The number of hydrogen-bond donors (Lipinski definition) is 1. The highest BCUT2D eigenvalue weighted by Gasteiger charge is 2.65. The number of ether oxygens (including phenoxy) is 1. The summed E-state index contributed by atoms with van der Waals surface area (Å²) >= 11 is 0. The quantitative estimate of drug-likeness (QED) is 0.674. The molecule has 0 amide bonds. The summed E-state index contributed by atoms with van der Waals surface area (Å²) in [5.41, 5.74) is 7.01. The Labute approximate surface area is 190 Å². The van der Waals surface area contributed by atoms with Crippen LogP contribution in [0, 0.1) is 11.3 Å². The van der Waals surface area contributed by atoms with Crippen LogP contribution in [0.25, 0.3) is 16.5 Å². The van der Waals surface area contributed by atoms with Crippen molar-refractivity contribution in [3.05, 3.63) is 59.3 Å². The van der Waals surface area contributed by atoms with Gasteiger partial charge in [0.25, 0.3) is 0 Å². The van der Waals surface area contributed by atoms with Gasteiger partial charge in [0.2, 0.25) is 0 Å². The molecule has 2 spiro atoms. The Hall–Kier alpha value is -2.17. The summed E-state index contributed by atoms with van der Waals surface area (Å²) in [6.45, 7) is 2.49. The minimum Gasteiger partial charge on any atom is -0.359 e. The van der Waals surface area contributed by atoms with Crippen LogP contribution in [-0.4, -0.2) is 46.4 Å². The first-order chi connectivity index (χ1) is 15.4. The van der Waals surface area contributed by atoms with E-state index < -0.39 is 0 Å². The smallest absolute Gasteiger partial charge is 0.0980 e. The van der Waals surface area contributed by atoms with Crippen LogP contribution in [0.1, 0.15) is 57.4 Å². The summed E-state index contributed by atoms with van der Waals surface area (Å²) in [7, 11) is 4.46. The summed E-state index contributed by atoms with van der Waals surface area (Å²) in [5, 5.41) is 8.56. The summed E-state index contributed by atoms with van der Waals surface area (Å²) < 4.78 is 7.37. The Morgan fingerprint density at radius 1 is 1.19 bits per heavy atom. The molecular formula is C28H33N3O. The van der Waals surface area contributed by atoms with Crippen LogP contribution in [0.4, 0.5) is 0 Å². The summed E-state index contributed by atoms with van der Waals surface area (Å²) in [6, 6.07) is 7.40. The van der Waals surface area contributed by atoms with Crippen molar-refractivity contribution < 1.29 is 4.74 Å². The minimum absolute atomic E-state index is 0.0274. The van der Waals surface area contributed by atoms with Gasteiger partial charge >= 0.3 is 0 Å². The molecule has 166 valence electrons. The Kier molecular flexibility index (Phi) is 3.76. The van der Waals surface area contributed by atoms with Gasteiger partial charge in [-0.25, -0.2) is 0 Å². The Bertz CT molecular complexity index is 1220. The number of aromatic amines is 1. The molecule has 1 saturated carbocycles. The molecule has 2 aromatic rings. The molecule has 5 atom stereocenters. The second-order valence-corrected chi connectivity index (χ2v) is 11.4. The molecule has 5 aliphatic rings. The molecule has 1 aromatic carbocycles. The van der Waals surface area contributed by atoms with Gasteiger partial charge in [0.05, 0.1) is 22.9 Å². The van der Waals surface area contributed by atoms with E-state index in [1.807, 2.05) is 6.20 Å². The maximum atomic E-state index is 7.37. The van der Waals surface area contributed by atoms with E-state index in [4.69, 9.17) is 4.74 Å². The van der Waals surface area contributed by atoms with Crippen molar-refractivity contribution in [3.8, 4) is 0 Å². The van der Waals surface area contributed by atoms with Gasteiger partial charge in [-0.05, 0) is 87.4 Å². The van der Waals surface area contributed by atoms with E-state index in [1.165, 1.54) is 47.8 Å². The first-order valence-corrected chi connectivity index (χ1v) is 12.4. The predicted molar refractivity (Wildman–Crippen MR) is 128 cm³/mol. The molecule has 4 heteroatoms. The van der Waals surface area contributed by atoms with Gasteiger partial charge in [-0.1, -0.05) is 37.3 Å². The Morgan fingerprint density at radius 3 is 2.97 bits per heavy atom. The number of benzene rings is 1. The molecule has 1 saturated heterocycles. The molecule has 3 aliphatic carbocycles. The fourth-order valence-electron chi connectivity index (χ4n) is 7.96. The van der Waals surface area contributed by atoms with Crippen LogP contribution in [0.2, 0.25) is 0 Å². The van der Waals surface area contributed by atoms with Crippen molar-refractivity contribution in [3.63, 3.8) is 0 Å². The first-order valence-electron chi connectivity index (χ1n) is 12.4. The number of aromatic nitrogens is 2. The van der Waals surface area contributed by atoms with Gasteiger partial charge in [-0.2, -0.15) is 5.10 Å². The second kappa shape index (κ2) is 6.24. The van der Waals surface area contributed by atoms with E-state index in [0.717, 1.165) is 24.8 Å². The molecule has 4 nitrogen and oxygen atoms in total. The lowest BCUT2D eigenvalue weighted by molar-refractivity contribution is -0.134. The SMILES string of the molecule is CN(C)C1CCC2=CC3=CCC4(C)C(c5ccc6cn[nH]c6c5)=CCC4C34CCC2(C1)O4. The van der Waals surface area contributed by atoms with Crippen LogP contribution in [-0.2, 0) is 4.74 Å². The van der Waals surface area contributed by atoms with Crippen molar-refractivity contribution in [2.45, 2.75) is 69.1 Å². The number of H-pyrrole nitrogens is 1. The zero-order valence-electron chi connectivity index (χ0n) is 19.4. The Balaban J connectivity index is 1.29. The zero-order chi connectivity index (χ0) is 21.7. The predicted octanol–water partition coefficient (Wildman–Crippen LogP) is 5.64. The maximum absolute atomic E-state index is 7.37. The van der Waals surface area contributed by atoms with Gasteiger partial charge in [0.1, 0.15) is 0 Å². The third-order valence-electron chi connectivity index (χ3n) is 9.73. The van der Waals surface area contributed by atoms with Crippen LogP contribution in [0.15, 0.2) is 53.8 Å². The monoisotopic (exact) mass is 427 g/mol. The molecule has 3 heterocycles. The highest BCUT2D eigenvalue weighted by molar-refractivity contribution is 5.84. The van der Waals surface area contributed by atoms with Crippen molar-refractivity contribution in [1.29, 1.82) is 0 Å². The van der Waals surface area contributed by atoms with Crippen LogP contribution >= 0.6 is 0 Å². The fourth-order valence-corrected chi connectivity index (χ4v) is 7.96. The lowest BCUT2D eigenvalue weighted by Crippen LogP contribution is -2.54. The van der Waals surface area contributed by atoms with E-state index in [-0.39, 0.29) is 16.6 Å². The molecule has 32 heavy (non-hydrogen) atoms. The molecule has 0 radical (unpaired) electrons. The van der Waals surface area contributed by atoms with Crippen LogP contribution < -0.4 is 0 Å². The van der Waals surface area contributed by atoms with Crippen molar-refractivity contribution in [2.24, 2.45) is 11.3 Å². The molecular weight excluding hydrogens is 394 g/mol. The minimum atomic E-state index is -0.110. The van der Waals surface area contributed by atoms with E-state index in [9.17, 15) is 0 Å². The highest BCUT2D eigenvalue weighted by Crippen LogP contribution is 2.67. The zero-order valence-corrected chi connectivity index (χ0v) is 19.4. The van der Waals surface area contributed by atoms with Gasteiger partial charge in [-0.15, -0.1) is 0 Å².